The van der Waals surface area contributed by atoms with Crippen LogP contribution in [0, 0.1) is 0 Å². The van der Waals surface area contributed by atoms with Crippen LogP contribution in [0.2, 0.25) is 0 Å². The summed E-state index contributed by atoms with van der Waals surface area (Å²) in [7, 11) is 0.664. The Bertz CT molecular complexity index is 817. The summed E-state index contributed by atoms with van der Waals surface area (Å²) in [6.45, 7) is 0. The Balaban J connectivity index is 2.23. The van der Waals surface area contributed by atoms with Gasteiger partial charge in [0.25, 0.3) is 5.91 Å². The van der Waals surface area contributed by atoms with Crippen LogP contribution in [-0.2, 0) is 10.2 Å². The molecule has 0 aromatic heterocycles. The topological polar surface area (TPSA) is 87.7 Å². The van der Waals surface area contributed by atoms with E-state index in [0.29, 0.717) is 11.4 Å². The molecule has 7 nitrogen and oxygen atoms in total. The summed E-state index contributed by atoms with van der Waals surface area (Å²) in [5.74, 6) is 0.254. The third kappa shape index (κ3) is 4.24. The molecule has 0 spiro atoms. The number of carbonyl (C=O) groups excluding carboxylic acids is 1. The zero-order valence-electron chi connectivity index (χ0n) is 13.6. The van der Waals surface area contributed by atoms with Crippen molar-refractivity contribution in [2.24, 2.45) is 0 Å². The largest absolute Gasteiger partial charge is 0.497 e. The van der Waals surface area contributed by atoms with Gasteiger partial charge in [-0.1, -0.05) is 12.1 Å². The van der Waals surface area contributed by atoms with Gasteiger partial charge in [-0.2, -0.15) is 12.7 Å². The lowest BCUT2D eigenvalue weighted by Gasteiger charge is -2.16. The molecule has 2 N–H and O–H groups in total. The molecule has 0 unspecified atom stereocenters. The van der Waals surface area contributed by atoms with Gasteiger partial charge in [-0.3, -0.25) is 9.52 Å². The molecule has 2 aromatic rings. The average Bonchev–Trinajstić information content (AvgIpc) is 2.55. The van der Waals surface area contributed by atoms with Crippen LogP contribution >= 0.6 is 0 Å². The number of nitrogens with one attached hydrogen (secondary N) is 2. The number of anilines is 2. The third-order valence-corrected chi connectivity index (χ3v) is 4.68. The molecule has 0 saturated heterocycles. The zero-order valence-corrected chi connectivity index (χ0v) is 14.4. The zero-order chi connectivity index (χ0) is 17.7. The molecule has 0 bridgehead atoms. The van der Waals surface area contributed by atoms with Crippen LogP contribution < -0.4 is 14.8 Å². The molecular weight excluding hydrogens is 330 g/mol. The molecule has 128 valence electrons. The van der Waals surface area contributed by atoms with Crippen LogP contribution in [0.25, 0.3) is 0 Å². The fourth-order valence-electron chi connectivity index (χ4n) is 1.87. The Morgan fingerprint density at radius 3 is 2.25 bits per heavy atom. The number of ether oxygens (including phenoxy) is 1. The van der Waals surface area contributed by atoms with Crippen molar-refractivity contribution in [2.75, 3.05) is 31.2 Å². The summed E-state index contributed by atoms with van der Waals surface area (Å²) in [4.78, 5) is 12.5. The highest BCUT2D eigenvalue weighted by atomic mass is 32.2. The Morgan fingerprint density at radius 1 is 1.04 bits per heavy atom. The van der Waals surface area contributed by atoms with Crippen molar-refractivity contribution in [3.63, 3.8) is 0 Å². The summed E-state index contributed by atoms with van der Waals surface area (Å²) in [5, 5.41) is 2.72. The van der Waals surface area contributed by atoms with Crippen LogP contribution in [0.1, 0.15) is 10.4 Å². The molecule has 0 aliphatic carbocycles. The van der Waals surface area contributed by atoms with Gasteiger partial charge in [0.15, 0.2) is 0 Å². The first-order chi connectivity index (χ1) is 11.3. The highest BCUT2D eigenvalue weighted by molar-refractivity contribution is 7.90. The van der Waals surface area contributed by atoms with Crippen molar-refractivity contribution < 1.29 is 17.9 Å². The molecular formula is C16H19N3O4S. The fourth-order valence-corrected chi connectivity index (χ4v) is 2.51. The van der Waals surface area contributed by atoms with Gasteiger partial charge in [0.1, 0.15) is 5.75 Å². The second kappa shape index (κ2) is 7.33. The van der Waals surface area contributed by atoms with Crippen LogP contribution in [0.5, 0.6) is 5.75 Å². The van der Waals surface area contributed by atoms with E-state index in [1.54, 1.807) is 49.6 Å². The molecule has 1 amide bonds. The van der Waals surface area contributed by atoms with Gasteiger partial charge in [0.05, 0.1) is 18.4 Å². The van der Waals surface area contributed by atoms with E-state index >= 15 is 0 Å². The minimum Gasteiger partial charge on any atom is -0.497 e. The molecule has 0 saturated carbocycles. The van der Waals surface area contributed by atoms with Crippen molar-refractivity contribution >= 4 is 27.5 Å². The molecule has 2 aromatic carbocycles. The molecule has 0 aliphatic heterocycles. The maximum Gasteiger partial charge on any atom is 0.301 e. The van der Waals surface area contributed by atoms with Crippen LogP contribution in [0.15, 0.2) is 48.5 Å². The molecule has 24 heavy (non-hydrogen) atoms. The molecule has 8 heteroatoms. The highest BCUT2D eigenvalue weighted by Crippen LogP contribution is 2.20. The molecule has 2 rings (SSSR count). The van der Waals surface area contributed by atoms with Gasteiger partial charge in [-0.15, -0.1) is 0 Å². The second-order valence-corrected chi connectivity index (χ2v) is 7.00. The molecule has 0 fully saturated rings. The summed E-state index contributed by atoms with van der Waals surface area (Å²) >= 11 is 0. The number of hydrogen-bond donors (Lipinski definition) is 2. The lowest BCUT2D eigenvalue weighted by atomic mass is 10.1. The number of carbonyl (C=O) groups is 1. The van der Waals surface area contributed by atoms with Gasteiger partial charge in [-0.25, -0.2) is 0 Å². The van der Waals surface area contributed by atoms with Gasteiger partial charge >= 0.3 is 10.2 Å². The number of methoxy groups -OCH3 is 1. The first kappa shape index (κ1) is 17.8. The van der Waals surface area contributed by atoms with Crippen molar-refractivity contribution in [3.8, 4) is 5.75 Å². The third-order valence-electron chi connectivity index (χ3n) is 3.24. The molecule has 0 heterocycles. The quantitative estimate of drug-likeness (QED) is 0.837. The Labute approximate surface area is 141 Å². The fraction of sp³-hybridized carbons (Fsp3) is 0.188. The monoisotopic (exact) mass is 349 g/mol. The highest BCUT2D eigenvalue weighted by Gasteiger charge is 2.18. The van der Waals surface area contributed by atoms with Gasteiger partial charge in [-0.05, 0) is 36.4 Å². The van der Waals surface area contributed by atoms with E-state index in [9.17, 15) is 13.2 Å². The van der Waals surface area contributed by atoms with Gasteiger partial charge < -0.3 is 10.1 Å². The maximum absolute atomic E-state index is 12.5. The summed E-state index contributed by atoms with van der Waals surface area (Å²) in [6.07, 6.45) is 0. The van der Waals surface area contributed by atoms with E-state index < -0.39 is 16.1 Å². The Hall–Kier alpha value is -2.58. The Morgan fingerprint density at radius 2 is 1.67 bits per heavy atom. The van der Waals surface area contributed by atoms with Gasteiger partial charge in [0, 0.05) is 19.8 Å². The van der Waals surface area contributed by atoms with E-state index in [0.717, 1.165) is 4.31 Å². The second-order valence-electron chi connectivity index (χ2n) is 5.12. The minimum atomic E-state index is -3.70. The number of benzene rings is 2. The number of rotatable bonds is 6. The summed E-state index contributed by atoms with van der Waals surface area (Å²) < 4.78 is 32.4. The maximum atomic E-state index is 12.5. The van der Waals surface area contributed by atoms with Gasteiger partial charge in [0.2, 0.25) is 0 Å². The van der Waals surface area contributed by atoms with E-state index in [-0.39, 0.29) is 11.3 Å². The van der Waals surface area contributed by atoms with Crippen molar-refractivity contribution in [1.29, 1.82) is 0 Å². The lowest BCUT2D eigenvalue weighted by Crippen LogP contribution is -2.30. The number of nitrogens with zero attached hydrogens (tertiary/aromatic N) is 1. The standard InChI is InChI=1S/C16H19N3O4S/c1-19(2)24(21,22)18-15-7-5-4-6-14(15)16(20)17-12-8-10-13(23-3)11-9-12/h4-11,18H,1-3H3,(H,17,20). The van der Waals surface area contributed by atoms with Crippen LogP contribution in [0.3, 0.4) is 0 Å². The first-order valence-corrected chi connectivity index (χ1v) is 8.52. The predicted molar refractivity (Wildman–Crippen MR) is 93.6 cm³/mol. The normalized spacial score (nSPS) is 11.2. The molecule has 0 atom stereocenters. The van der Waals surface area contributed by atoms with Crippen molar-refractivity contribution in [3.05, 3.63) is 54.1 Å². The number of para-hydroxylation sites is 1. The van der Waals surface area contributed by atoms with Crippen LogP contribution in [-0.4, -0.2) is 39.8 Å². The van der Waals surface area contributed by atoms with Crippen molar-refractivity contribution in [2.45, 2.75) is 0 Å². The predicted octanol–water partition coefficient (Wildman–Crippen LogP) is 2.17. The molecule has 0 radical (unpaired) electrons. The van der Waals surface area contributed by atoms with Crippen LogP contribution in [0.4, 0.5) is 11.4 Å². The van der Waals surface area contributed by atoms with E-state index in [4.69, 9.17) is 4.74 Å². The smallest absolute Gasteiger partial charge is 0.301 e. The van der Waals surface area contributed by atoms with Crippen molar-refractivity contribution in [1.82, 2.24) is 4.31 Å². The minimum absolute atomic E-state index is 0.206. The van der Waals surface area contributed by atoms with E-state index in [2.05, 4.69) is 10.0 Å². The average molecular weight is 349 g/mol. The molecule has 0 aliphatic rings. The van der Waals surface area contributed by atoms with E-state index in [1.807, 2.05) is 0 Å². The summed E-state index contributed by atoms with van der Waals surface area (Å²) in [6, 6.07) is 13.2. The number of hydrogen-bond acceptors (Lipinski definition) is 4. The van der Waals surface area contributed by atoms with E-state index in [1.165, 1.54) is 20.2 Å². The SMILES string of the molecule is COc1ccc(NC(=O)c2ccccc2NS(=O)(=O)N(C)C)cc1. The number of amides is 1. The summed E-state index contributed by atoms with van der Waals surface area (Å²) in [5.41, 5.74) is 1.00. The Kier molecular flexibility index (Phi) is 5.42. The first-order valence-electron chi connectivity index (χ1n) is 7.08. The lowest BCUT2D eigenvalue weighted by molar-refractivity contribution is 0.102.